The topological polar surface area (TPSA) is 57.4 Å². The fourth-order valence-corrected chi connectivity index (χ4v) is 3.60. The molecule has 3 aromatic rings. The van der Waals surface area contributed by atoms with Gasteiger partial charge >= 0.3 is 0 Å². The summed E-state index contributed by atoms with van der Waals surface area (Å²) in [6.45, 7) is 1.29. The highest BCUT2D eigenvalue weighted by Crippen LogP contribution is 2.41. The van der Waals surface area contributed by atoms with Gasteiger partial charge in [-0.05, 0) is 54.8 Å². The van der Waals surface area contributed by atoms with E-state index in [1.807, 2.05) is 42.5 Å². The van der Waals surface area contributed by atoms with E-state index in [2.05, 4.69) is 11.2 Å². The van der Waals surface area contributed by atoms with Gasteiger partial charge in [-0.25, -0.2) is 0 Å². The molecule has 2 heterocycles. The fourth-order valence-electron chi connectivity index (χ4n) is 3.41. The van der Waals surface area contributed by atoms with Crippen molar-refractivity contribution in [3.63, 3.8) is 0 Å². The van der Waals surface area contributed by atoms with E-state index in [9.17, 15) is 0 Å². The van der Waals surface area contributed by atoms with Gasteiger partial charge in [-0.15, -0.1) is 0 Å². The maximum Gasteiger partial charge on any atom is 0.237 e. The van der Waals surface area contributed by atoms with Gasteiger partial charge < -0.3 is 14.0 Å². The molecule has 0 amide bonds. The second-order valence-electron chi connectivity index (χ2n) is 6.36. The molecule has 2 aromatic carbocycles. The highest BCUT2D eigenvalue weighted by Gasteiger charge is 2.41. The van der Waals surface area contributed by atoms with Crippen molar-refractivity contribution in [2.45, 2.75) is 18.3 Å². The van der Waals surface area contributed by atoms with Crippen molar-refractivity contribution in [3.8, 4) is 17.1 Å². The third kappa shape index (κ3) is 3.08. The van der Waals surface area contributed by atoms with E-state index in [1.54, 1.807) is 7.11 Å². The number of hydrogen-bond acceptors (Lipinski definition) is 5. The third-order valence-electron chi connectivity index (χ3n) is 4.91. The molecule has 5 nitrogen and oxygen atoms in total. The molecule has 0 unspecified atom stereocenters. The van der Waals surface area contributed by atoms with Crippen LogP contribution in [0.15, 0.2) is 53.1 Å². The first-order valence-corrected chi connectivity index (χ1v) is 8.91. The summed E-state index contributed by atoms with van der Waals surface area (Å²) in [6.07, 6.45) is 1.55. The van der Waals surface area contributed by atoms with Gasteiger partial charge in [0.25, 0.3) is 0 Å². The molecule has 1 saturated heterocycles. The summed E-state index contributed by atoms with van der Waals surface area (Å²) in [5, 5.41) is 4.91. The van der Waals surface area contributed by atoms with Gasteiger partial charge in [-0.2, -0.15) is 4.98 Å². The molecule has 0 atom stereocenters. The number of ether oxygens (including phenoxy) is 2. The van der Waals surface area contributed by atoms with E-state index in [0.717, 1.165) is 29.7 Å². The molecule has 26 heavy (non-hydrogen) atoms. The van der Waals surface area contributed by atoms with Gasteiger partial charge in [-0.3, -0.25) is 0 Å². The molecule has 0 aliphatic carbocycles. The minimum Gasteiger partial charge on any atom is -0.497 e. The van der Waals surface area contributed by atoms with Crippen LogP contribution in [0.4, 0.5) is 0 Å². The normalized spacial score (nSPS) is 16.4. The number of nitrogens with zero attached hydrogens (tertiary/aromatic N) is 2. The van der Waals surface area contributed by atoms with Gasteiger partial charge in [0.05, 0.1) is 12.5 Å². The molecule has 0 saturated carbocycles. The van der Waals surface area contributed by atoms with E-state index in [0.29, 0.717) is 30.0 Å². The van der Waals surface area contributed by atoms with Gasteiger partial charge in [-0.1, -0.05) is 28.9 Å². The van der Waals surface area contributed by atoms with Crippen molar-refractivity contribution in [2.75, 3.05) is 20.3 Å². The van der Waals surface area contributed by atoms with Crippen LogP contribution in [0.2, 0.25) is 5.02 Å². The number of aromatic nitrogens is 2. The lowest BCUT2D eigenvalue weighted by molar-refractivity contribution is 0.0523. The lowest BCUT2D eigenvalue weighted by atomic mass is 9.74. The highest BCUT2D eigenvalue weighted by atomic mass is 35.5. The molecule has 1 aliphatic heterocycles. The monoisotopic (exact) mass is 370 g/mol. The Morgan fingerprint density at radius 2 is 1.85 bits per heavy atom. The van der Waals surface area contributed by atoms with Crippen LogP contribution < -0.4 is 4.74 Å². The predicted molar refractivity (Wildman–Crippen MR) is 98.6 cm³/mol. The first-order chi connectivity index (χ1) is 12.7. The number of hydrogen-bond donors (Lipinski definition) is 0. The van der Waals surface area contributed by atoms with E-state index in [4.69, 9.17) is 30.6 Å². The van der Waals surface area contributed by atoms with Crippen LogP contribution in [0.1, 0.15) is 24.3 Å². The van der Waals surface area contributed by atoms with Crippen molar-refractivity contribution in [2.24, 2.45) is 0 Å². The zero-order valence-electron chi connectivity index (χ0n) is 14.4. The first-order valence-electron chi connectivity index (χ1n) is 8.54. The Morgan fingerprint density at radius 3 is 2.54 bits per heavy atom. The van der Waals surface area contributed by atoms with Gasteiger partial charge in [0.1, 0.15) is 5.75 Å². The smallest absolute Gasteiger partial charge is 0.237 e. The molecule has 0 radical (unpaired) electrons. The Morgan fingerprint density at radius 1 is 1.08 bits per heavy atom. The van der Waals surface area contributed by atoms with Crippen LogP contribution in [0, 0.1) is 0 Å². The Labute approximate surface area is 156 Å². The second-order valence-corrected chi connectivity index (χ2v) is 6.79. The van der Waals surface area contributed by atoms with Crippen molar-refractivity contribution in [3.05, 3.63) is 65.0 Å². The summed E-state index contributed by atoms with van der Waals surface area (Å²) in [5.41, 5.74) is 1.59. The summed E-state index contributed by atoms with van der Waals surface area (Å²) in [5.74, 6) is 1.96. The van der Waals surface area contributed by atoms with Crippen molar-refractivity contribution in [1.29, 1.82) is 0 Å². The lowest BCUT2D eigenvalue weighted by Gasteiger charge is -2.34. The summed E-state index contributed by atoms with van der Waals surface area (Å²) in [4.78, 5) is 4.72. The average Bonchev–Trinajstić information content (AvgIpc) is 3.19. The Bertz CT molecular complexity index is 886. The molecule has 1 aromatic heterocycles. The number of rotatable bonds is 4. The summed E-state index contributed by atoms with van der Waals surface area (Å²) in [7, 11) is 1.64. The van der Waals surface area contributed by atoms with Crippen LogP contribution in [0.25, 0.3) is 11.4 Å². The Hall–Kier alpha value is -2.37. The van der Waals surface area contributed by atoms with Crippen LogP contribution >= 0.6 is 11.6 Å². The van der Waals surface area contributed by atoms with Crippen LogP contribution in [-0.2, 0) is 10.2 Å². The summed E-state index contributed by atoms with van der Waals surface area (Å²) < 4.78 is 16.5. The predicted octanol–water partition coefficient (Wildman–Crippen LogP) is 4.50. The highest BCUT2D eigenvalue weighted by molar-refractivity contribution is 6.30. The van der Waals surface area contributed by atoms with Gasteiger partial charge in [0.2, 0.25) is 11.7 Å². The van der Waals surface area contributed by atoms with Crippen LogP contribution in [0.3, 0.4) is 0 Å². The van der Waals surface area contributed by atoms with Crippen LogP contribution in [-0.4, -0.2) is 30.5 Å². The number of benzene rings is 2. The third-order valence-corrected chi connectivity index (χ3v) is 5.14. The molecule has 1 fully saturated rings. The van der Waals surface area contributed by atoms with Crippen molar-refractivity contribution < 1.29 is 14.0 Å². The minimum atomic E-state index is -0.374. The van der Waals surface area contributed by atoms with Crippen molar-refractivity contribution >= 4 is 11.6 Å². The SMILES string of the molecule is COc1ccc(-c2noc(C3(c4cccc(Cl)c4)CCOCC3)n2)cc1. The number of halogens is 1. The van der Waals surface area contributed by atoms with Crippen LogP contribution in [0.5, 0.6) is 5.75 Å². The average molecular weight is 371 g/mol. The minimum absolute atomic E-state index is 0.374. The van der Waals surface area contributed by atoms with E-state index >= 15 is 0 Å². The molecule has 6 heteroatoms. The molecule has 0 spiro atoms. The summed E-state index contributed by atoms with van der Waals surface area (Å²) >= 11 is 6.23. The zero-order valence-corrected chi connectivity index (χ0v) is 15.2. The number of methoxy groups -OCH3 is 1. The van der Waals surface area contributed by atoms with Gasteiger partial charge in [0, 0.05) is 23.8 Å². The van der Waals surface area contributed by atoms with Gasteiger partial charge in [0.15, 0.2) is 0 Å². The Kier molecular flexibility index (Phi) is 4.66. The fraction of sp³-hybridized carbons (Fsp3) is 0.300. The first kappa shape index (κ1) is 17.1. The molecule has 0 N–H and O–H groups in total. The van der Waals surface area contributed by atoms with E-state index < -0.39 is 0 Å². The largest absolute Gasteiger partial charge is 0.497 e. The molecule has 4 rings (SSSR count). The quantitative estimate of drug-likeness (QED) is 0.677. The molecular formula is C20H19ClN2O3. The lowest BCUT2D eigenvalue weighted by Crippen LogP contribution is -2.35. The van der Waals surface area contributed by atoms with E-state index in [1.165, 1.54) is 0 Å². The zero-order chi connectivity index (χ0) is 18.0. The van der Waals surface area contributed by atoms with Crippen molar-refractivity contribution in [1.82, 2.24) is 10.1 Å². The molecular weight excluding hydrogens is 352 g/mol. The Balaban J connectivity index is 1.74. The second kappa shape index (κ2) is 7.09. The maximum absolute atomic E-state index is 6.23. The summed E-state index contributed by atoms with van der Waals surface area (Å²) in [6, 6.07) is 15.5. The maximum atomic E-state index is 6.23. The molecule has 1 aliphatic rings. The van der Waals surface area contributed by atoms with E-state index in [-0.39, 0.29) is 5.41 Å². The standard InChI is InChI=1S/C20H19ClN2O3/c1-24-17-7-5-14(6-8-17)18-22-19(26-23-18)20(9-11-25-12-10-20)15-3-2-4-16(21)13-15/h2-8,13H,9-12H2,1H3. The molecule has 134 valence electrons. The molecule has 0 bridgehead atoms.